The fourth-order valence-electron chi connectivity index (χ4n) is 2.57. The van der Waals surface area contributed by atoms with E-state index in [0.717, 1.165) is 31.5 Å². The summed E-state index contributed by atoms with van der Waals surface area (Å²) < 4.78 is 1.97. The summed E-state index contributed by atoms with van der Waals surface area (Å²) in [6, 6.07) is 3.80. The average Bonchev–Trinajstić information content (AvgIpc) is 2.98. The lowest BCUT2D eigenvalue weighted by Gasteiger charge is -2.22. The van der Waals surface area contributed by atoms with Crippen LogP contribution in [0.5, 0.6) is 0 Å². The van der Waals surface area contributed by atoms with Gasteiger partial charge in [-0.2, -0.15) is 5.10 Å². The second kappa shape index (κ2) is 5.42. The van der Waals surface area contributed by atoms with Crippen molar-refractivity contribution in [2.45, 2.75) is 18.9 Å². The van der Waals surface area contributed by atoms with E-state index in [9.17, 15) is 4.79 Å². The van der Waals surface area contributed by atoms with E-state index in [2.05, 4.69) is 15.4 Å². The van der Waals surface area contributed by atoms with E-state index in [0.29, 0.717) is 17.3 Å². The van der Waals surface area contributed by atoms with Crippen molar-refractivity contribution in [3.63, 3.8) is 0 Å². The van der Waals surface area contributed by atoms with Crippen LogP contribution in [0.2, 0.25) is 0 Å². The summed E-state index contributed by atoms with van der Waals surface area (Å²) >= 11 is 0. The molecule has 1 saturated heterocycles. The molecule has 0 aliphatic carbocycles. The number of piperidine rings is 1. The summed E-state index contributed by atoms with van der Waals surface area (Å²) in [6.45, 7) is 2.02. The van der Waals surface area contributed by atoms with Crippen LogP contribution in [0.25, 0.3) is 11.3 Å². The van der Waals surface area contributed by atoms with Gasteiger partial charge in [-0.15, -0.1) is 0 Å². The molecule has 6 nitrogen and oxygen atoms in total. The molecule has 2 aromatic heterocycles. The Morgan fingerprint density at radius 2 is 2.20 bits per heavy atom. The number of hydrogen-bond acceptors (Lipinski definition) is 4. The van der Waals surface area contributed by atoms with Gasteiger partial charge in [0.1, 0.15) is 0 Å². The maximum absolute atomic E-state index is 11.5. The number of carbonyl (C=O) groups excluding carboxylic acids is 1. The molecule has 3 heterocycles. The molecule has 1 aliphatic heterocycles. The van der Waals surface area contributed by atoms with Crippen LogP contribution < -0.4 is 11.1 Å². The van der Waals surface area contributed by atoms with Crippen LogP contribution in [0, 0.1) is 0 Å². The zero-order valence-corrected chi connectivity index (χ0v) is 11.1. The lowest BCUT2D eigenvalue weighted by Crippen LogP contribution is -2.29. The Bertz CT molecular complexity index is 616. The maximum Gasteiger partial charge on any atom is 0.250 e. The average molecular weight is 271 g/mol. The molecule has 2 aromatic rings. The summed E-state index contributed by atoms with van der Waals surface area (Å²) in [7, 11) is 0. The summed E-state index contributed by atoms with van der Waals surface area (Å²) in [5.74, 6) is -0.470. The molecule has 0 atom stereocenters. The van der Waals surface area contributed by atoms with Gasteiger partial charge in [0.15, 0.2) is 0 Å². The molecule has 0 saturated carbocycles. The number of hydrogen-bond donors (Lipinski definition) is 2. The number of carbonyl (C=O) groups is 1. The maximum atomic E-state index is 11.5. The van der Waals surface area contributed by atoms with Crippen molar-refractivity contribution < 1.29 is 4.79 Å². The van der Waals surface area contributed by atoms with Gasteiger partial charge < -0.3 is 11.1 Å². The van der Waals surface area contributed by atoms with Crippen LogP contribution in [-0.2, 0) is 0 Å². The van der Waals surface area contributed by atoms with Crippen LogP contribution in [0.3, 0.4) is 0 Å². The van der Waals surface area contributed by atoms with E-state index in [1.54, 1.807) is 24.5 Å². The fraction of sp³-hybridized carbons (Fsp3) is 0.357. The Labute approximate surface area is 117 Å². The molecule has 0 radical (unpaired) electrons. The van der Waals surface area contributed by atoms with Crippen LogP contribution >= 0.6 is 0 Å². The van der Waals surface area contributed by atoms with Crippen molar-refractivity contribution in [3.05, 3.63) is 36.3 Å². The highest BCUT2D eigenvalue weighted by molar-refractivity contribution is 5.98. The minimum absolute atomic E-state index is 0.408. The standard InChI is InChI=1S/C14H17N5O/c15-14(20)12-2-1-5-17-13(12)10-8-18-19(9-10)11-3-6-16-7-4-11/h1-2,5,8-9,11,16H,3-4,6-7H2,(H2,15,20). The van der Waals surface area contributed by atoms with Crippen LogP contribution in [0.15, 0.2) is 30.7 Å². The fourth-order valence-corrected chi connectivity index (χ4v) is 2.57. The zero-order chi connectivity index (χ0) is 13.9. The topological polar surface area (TPSA) is 85.8 Å². The Morgan fingerprint density at radius 1 is 1.40 bits per heavy atom. The second-order valence-corrected chi connectivity index (χ2v) is 4.95. The minimum Gasteiger partial charge on any atom is -0.366 e. The Balaban J connectivity index is 1.92. The third kappa shape index (κ3) is 2.42. The van der Waals surface area contributed by atoms with Crippen molar-refractivity contribution >= 4 is 5.91 Å². The highest BCUT2D eigenvalue weighted by Gasteiger charge is 2.18. The van der Waals surface area contributed by atoms with Gasteiger partial charge >= 0.3 is 0 Å². The van der Waals surface area contributed by atoms with E-state index < -0.39 is 5.91 Å². The molecule has 1 amide bonds. The van der Waals surface area contributed by atoms with Crippen molar-refractivity contribution in [2.75, 3.05) is 13.1 Å². The van der Waals surface area contributed by atoms with Crippen LogP contribution in [-0.4, -0.2) is 33.8 Å². The molecule has 104 valence electrons. The largest absolute Gasteiger partial charge is 0.366 e. The third-order valence-corrected chi connectivity index (χ3v) is 3.63. The Kier molecular flexibility index (Phi) is 3.47. The number of nitrogens with one attached hydrogen (secondary N) is 1. The van der Waals surface area contributed by atoms with Crippen molar-refractivity contribution in [1.82, 2.24) is 20.1 Å². The van der Waals surface area contributed by atoms with Crippen molar-refractivity contribution in [3.8, 4) is 11.3 Å². The molecule has 6 heteroatoms. The normalized spacial score (nSPS) is 16.2. The third-order valence-electron chi connectivity index (χ3n) is 3.63. The molecule has 0 bridgehead atoms. The molecular formula is C14H17N5O. The number of rotatable bonds is 3. The van der Waals surface area contributed by atoms with E-state index >= 15 is 0 Å². The number of nitrogens with two attached hydrogens (primary N) is 1. The molecule has 1 aliphatic rings. The zero-order valence-electron chi connectivity index (χ0n) is 11.1. The van der Waals surface area contributed by atoms with E-state index in [1.165, 1.54) is 0 Å². The highest BCUT2D eigenvalue weighted by atomic mass is 16.1. The van der Waals surface area contributed by atoms with E-state index in [4.69, 9.17) is 5.73 Å². The minimum atomic E-state index is -0.470. The molecule has 0 unspecified atom stereocenters. The van der Waals surface area contributed by atoms with Gasteiger partial charge in [0.05, 0.1) is 23.5 Å². The smallest absolute Gasteiger partial charge is 0.250 e. The molecule has 20 heavy (non-hydrogen) atoms. The highest BCUT2D eigenvalue weighted by Crippen LogP contribution is 2.24. The first-order valence-electron chi connectivity index (χ1n) is 6.76. The van der Waals surface area contributed by atoms with Gasteiger partial charge in [0.2, 0.25) is 0 Å². The Morgan fingerprint density at radius 3 is 2.95 bits per heavy atom. The van der Waals surface area contributed by atoms with Gasteiger partial charge in [-0.3, -0.25) is 14.5 Å². The van der Waals surface area contributed by atoms with E-state index in [-0.39, 0.29) is 0 Å². The van der Waals surface area contributed by atoms with Gasteiger partial charge in [-0.25, -0.2) is 0 Å². The molecular weight excluding hydrogens is 254 g/mol. The lowest BCUT2D eigenvalue weighted by atomic mass is 10.1. The monoisotopic (exact) mass is 271 g/mol. The van der Waals surface area contributed by atoms with Crippen molar-refractivity contribution in [1.29, 1.82) is 0 Å². The summed E-state index contributed by atoms with van der Waals surface area (Å²) in [4.78, 5) is 15.7. The lowest BCUT2D eigenvalue weighted by molar-refractivity contribution is 0.100. The van der Waals surface area contributed by atoms with Gasteiger partial charge in [0.25, 0.3) is 5.91 Å². The van der Waals surface area contributed by atoms with E-state index in [1.807, 2.05) is 10.9 Å². The van der Waals surface area contributed by atoms with Crippen LogP contribution in [0.4, 0.5) is 0 Å². The molecule has 3 rings (SSSR count). The number of pyridine rings is 1. The number of nitrogens with zero attached hydrogens (tertiary/aromatic N) is 3. The predicted molar refractivity (Wildman–Crippen MR) is 75.1 cm³/mol. The first kappa shape index (κ1) is 12.8. The predicted octanol–water partition coefficient (Wildman–Crippen LogP) is 0.968. The molecule has 3 N–H and O–H groups in total. The number of amides is 1. The Hall–Kier alpha value is -2.21. The SMILES string of the molecule is NC(=O)c1cccnc1-c1cnn(C2CCNCC2)c1. The number of primary amides is 1. The van der Waals surface area contributed by atoms with Gasteiger partial charge in [0, 0.05) is 18.0 Å². The van der Waals surface area contributed by atoms with Crippen molar-refractivity contribution in [2.24, 2.45) is 5.73 Å². The van der Waals surface area contributed by atoms with Gasteiger partial charge in [-0.1, -0.05) is 0 Å². The van der Waals surface area contributed by atoms with Crippen LogP contribution in [0.1, 0.15) is 29.2 Å². The summed E-state index contributed by atoms with van der Waals surface area (Å²) in [6.07, 6.45) is 7.48. The molecule has 0 aromatic carbocycles. The first-order chi connectivity index (χ1) is 9.75. The molecule has 0 spiro atoms. The number of aromatic nitrogens is 3. The first-order valence-corrected chi connectivity index (χ1v) is 6.76. The van der Waals surface area contributed by atoms with Gasteiger partial charge in [-0.05, 0) is 38.1 Å². The molecule has 1 fully saturated rings. The summed E-state index contributed by atoms with van der Waals surface area (Å²) in [5, 5.41) is 7.75. The second-order valence-electron chi connectivity index (χ2n) is 4.95. The summed E-state index contributed by atoms with van der Waals surface area (Å²) in [5.41, 5.74) is 7.24. The quantitative estimate of drug-likeness (QED) is 0.871.